The molecule has 2 aromatic rings. The summed E-state index contributed by atoms with van der Waals surface area (Å²) in [5.41, 5.74) is 2.22. The van der Waals surface area contributed by atoms with Crippen LogP contribution < -0.4 is 5.56 Å². The van der Waals surface area contributed by atoms with Crippen molar-refractivity contribution < 1.29 is 0 Å². The Morgan fingerprint density at radius 1 is 1.26 bits per heavy atom. The van der Waals surface area contributed by atoms with Crippen LogP contribution >= 0.6 is 0 Å². The van der Waals surface area contributed by atoms with Gasteiger partial charge in [0.25, 0.3) is 5.56 Å². The Hall–Kier alpha value is -1.61. The Labute approximate surface area is 113 Å². The van der Waals surface area contributed by atoms with Crippen LogP contribution in [-0.2, 0) is 0 Å². The zero-order valence-corrected chi connectivity index (χ0v) is 11.6. The smallest absolute Gasteiger partial charge is 0.256 e. The lowest BCUT2D eigenvalue weighted by Gasteiger charge is -2.29. The van der Waals surface area contributed by atoms with E-state index in [9.17, 15) is 4.79 Å². The van der Waals surface area contributed by atoms with Gasteiger partial charge >= 0.3 is 0 Å². The highest BCUT2D eigenvalue weighted by Crippen LogP contribution is 2.27. The predicted octanol–water partition coefficient (Wildman–Crippen LogP) is 2.65. The van der Waals surface area contributed by atoms with E-state index in [-0.39, 0.29) is 5.56 Å². The Morgan fingerprint density at radius 2 is 2.00 bits per heavy atom. The van der Waals surface area contributed by atoms with Gasteiger partial charge in [0.2, 0.25) is 0 Å². The molecule has 1 saturated heterocycles. The number of nitrogens with zero attached hydrogens (tertiary/aromatic N) is 1. The van der Waals surface area contributed by atoms with Gasteiger partial charge in [0.15, 0.2) is 0 Å². The van der Waals surface area contributed by atoms with Crippen LogP contribution in [0.2, 0.25) is 0 Å². The van der Waals surface area contributed by atoms with Crippen LogP contribution in [0.1, 0.15) is 30.0 Å². The first-order valence-corrected chi connectivity index (χ1v) is 6.96. The van der Waals surface area contributed by atoms with Crippen molar-refractivity contribution in [1.82, 2.24) is 9.88 Å². The Bertz CT molecular complexity index is 651. The SMILES string of the molecule is Cc1cccc2cc(C3CCN(C)CC3)[nH]c(=O)c12. The molecule has 0 spiro atoms. The highest BCUT2D eigenvalue weighted by atomic mass is 16.1. The minimum Gasteiger partial charge on any atom is -0.325 e. The molecule has 1 aromatic heterocycles. The van der Waals surface area contributed by atoms with Gasteiger partial charge in [-0.1, -0.05) is 18.2 Å². The summed E-state index contributed by atoms with van der Waals surface area (Å²) in [6.45, 7) is 4.21. The molecule has 0 radical (unpaired) electrons. The lowest BCUT2D eigenvalue weighted by atomic mass is 9.92. The van der Waals surface area contributed by atoms with E-state index in [2.05, 4.69) is 23.0 Å². The van der Waals surface area contributed by atoms with Crippen LogP contribution in [-0.4, -0.2) is 30.0 Å². The molecule has 1 aliphatic rings. The van der Waals surface area contributed by atoms with E-state index in [1.807, 2.05) is 25.1 Å². The third-order valence-corrected chi connectivity index (χ3v) is 4.26. The molecule has 1 fully saturated rings. The average Bonchev–Trinajstić information content (AvgIpc) is 2.39. The van der Waals surface area contributed by atoms with E-state index in [0.717, 1.165) is 48.0 Å². The second-order valence-corrected chi connectivity index (χ2v) is 5.67. The molecular weight excluding hydrogens is 236 g/mol. The minimum atomic E-state index is 0.0597. The molecule has 1 aliphatic heterocycles. The first-order chi connectivity index (χ1) is 9.15. The van der Waals surface area contributed by atoms with Crippen LogP contribution in [0.25, 0.3) is 10.8 Å². The molecule has 0 bridgehead atoms. The van der Waals surface area contributed by atoms with Gasteiger partial charge in [0.05, 0.1) is 0 Å². The first-order valence-electron chi connectivity index (χ1n) is 6.96. The van der Waals surface area contributed by atoms with E-state index in [1.54, 1.807) is 0 Å². The number of hydrogen-bond acceptors (Lipinski definition) is 2. The molecule has 1 aromatic carbocycles. The van der Waals surface area contributed by atoms with Crippen LogP contribution in [0.5, 0.6) is 0 Å². The topological polar surface area (TPSA) is 36.1 Å². The number of hydrogen-bond donors (Lipinski definition) is 1. The average molecular weight is 256 g/mol. The van der Waals surface area contributed by atoms with E-state index < -0.39 is 0 Å². The molecule has 0 amide bonds. The molecule has 3 heteroatoms. The molecule has 3 rings (SSSR count). The first kappa shape index (κ1) is 12.4. The van der Waals surface area contributed by atoms with Crippen LogP contribution in [0.15, 0.2) is 29.1 Å². The summed E-state index contributed by atoms with van der Waals surface area (Å²) < 4.78 is 0. The zero-order valence-electron chi connectivity index (χ0n) is 11.6. The molecule has 0 saturated carbocycles. The summed E-state index contributed by atoms with van der Waals surface area (Å²) in [5.74, 6) is 0.494. The largest absolute Gasteiger partial charge is 0.325 e. The van der Waals surface area contributed by atoms with Crippen molar-refractivity contribution >= 4 is 10.8 Å². The van der Waals surface area contributed by atoms with Gasteiger partial charge in [0.1, 0.15) is 0 Å². The number of likely N-dealkylation sites (tertiary alicyclic amines) is 1. The molecule has 100 valence electrons. The van der Waals surface area contributed by atoms with Crippen LogP contribution in [0.3, 0.4) is 0 Å². The van der Waals surface area contributed by atoms with E-state index in [1.165, 1.54) is 0 Å². The lowest BCUT2D eigenvalue weighted by molar-refractivity contribution is 0.253. The number of aromatic amines is 1. The number of H-pyrrole nitrogens is 1. The Balaban J connectivity index is 2.04. The van der Waals surface area contributed by atoms with E-state index >= 15 is 0 Å². The molecule has 2 heterocycles. The summed E-state index contributed by atoms with van der Waals surface area (Å²) >= 11 is 0. The van der Waals surface area contributed by atoms with Crippen LogP contribution in [0.4, 0.5) is 0 Å². The summed E-state index contributed by atoms with van der Waals surface area (Å²) in [4.78, 5) is 17.7. The number of nitrogens with one attached hydrogen (secondary N) is 1. The molecule has 0 aliphatic carbocycles. The molecule has 0 unspecified atom stereocenters. The summed E-state index contributed by atoms with van der Waals surface area (Å²) in [5, 5.41) is 1.90. The number of aryl methyl sites for hydroxylation is 1. The molecule has 3 nitrogen and oxygen atoms in total. The predicted molar refractivity (Wildman–Crippen MR) is 78.8 cm³/mol. The van der Waals surface area contributed by atoms with Gasteiger partial charge in [-0.25, -0.2) is 0 Å². The Kier molecular flexibility index (Phi) is 3.15. The van der Waals surface area contributed by atoms with E-state index in [0.29, 0.717) is 5.92 Å². The molecule has 0 atom stereocenters. The molecular formula is C16H20N2O. The number of pyridine rings is 1. The van der Waals surface area contributed by atoms with Crippen molar-refractivity contribution in [2.75, 3.05) is 20.1 Å². The van der Waals surface area contributed by atoms with Gasteiger partial charge < -0.3 is 9.88 Å². The fourth-order valence-electron chi connectivity index (χ4n) is 3.06. The number of aromatic nitrogens is 1. The monoisotopic (exact) mass is 256 g/mol. The van der Waals surface area contributed by atoms with Crippen LogP contribution in [0, 0.1) is 6.92 Å². The fraction of sp³-hybridized carbons (Fsp3) is 0.438. The number of benzene rings is 1. The van der Waals surface area contributed by atoms with Crippen molar-refractivity contribution in [3.8, 4) is 0 Å². The maximum Gasteiger partial charge on any atom is 0.256 e. The van der Waals surface area contributed by atoms with Crippen molar-refractivity contribution in [1.29, 1.82) is 0 Å². The standard InChI is InChI=1S/C16H20N2O/c1-11-4-3-5-13-10-14(17-16(19)15(11)13)12-6-8-18(2)9-7-12/h3-5,10,12H,6-9H2,1-2H3,(H,17,19). The third-order valence-electron chi connectivity index (χ3n) is 4.26. The summed E-state index contributed by atoms with van der Waals surface area (Å²) in [6.07, 6.45) is 2.26. The summed E-state index contributed by atoms with van der Waals surface area (Å²) in [6, 6.07) is 8.22. The molecule has 1 N–H and O–H groups in total. The lowest BCUT2D eigenvalue weighted by Crippen LogP contribution is -2.30. The number of piperidine rings is 1. The van der Waals surface area contributed by atoms with Gasteiger partial charge in [-0.3, -0.25) is 4.79 Å². The fourth-order valence-corrected chi connectivity index (χ4v) is 3.06. The third kappa shape index (κ3) is 2.30. The minimum absolute atomic E-state index is 0.0597. The highest BCUT2D eigenvalue weighted by molar-refractivity contribution is 5.84. The van der Waals surface area contributed by atoms with Crippen molar-refractivity contribution in [3.05, 3.63) is 45.9 Å². The van der Waals surface area contributed by atoms with E-state index in [4.69, 9.17) is 0 Å². The van der Waals surface area contributed by atoms with Crippen molar-refractivity contribution in [3.63, 3.8) is 0 Å². The maximum absolute atomic E-state index is 12.3. The van der Waals surface area contributed by atoms with Gasteiger partial charge in [-0.05, 0) is 56.9 Å². The van der Waals surface area contributed by atoms with Crippen molar-refractivity contribution in [2.24, 2.45) is 0 Å². The zero-order chi connectivity index (χ0) is 13.4. The van der Waals surface area contributed by atoms with Gasteiger partial charge in [-0.15, -0.1) is 0 Å². The maximum atomic E-state index is 12.3. The quantitative estimate of drug-likeness (QED) is 0.851. The highest BCUT2D eigenvalue weighted by Gasteiger charge is 2.19. The van der Waals surface area contributed by atoms with Gasteiger partial charge in [-0.2, -0.15) is 0 Å². The second-order valence-electron chi connectivity index (χ2n) is 5.67. The number of fused-ring (bicyclic) bond motifs is 1. The van der Waals surface area contributed by atoms with Gasteiger partial charge in [0, 0.05) is 17.0 Å². The normalized spacial score (nSPS) is 18.0. The number of rotatable bonds is 1. The second kappa shape index (κ2) is 4.82. The van der Waals surface area contributed by atoms with Crippen molar-refractivity contribution in [2.45, 2.75) is 25.7 Å². The Morgan fingerprint density at radius 3 is 2.74 bits per heavy atom. The summed E-state index contributed by atoms with van der Waals surface area (Å²) in [7, 11) is 2.16. The molecule has 19 heavy (non-hydrogen) atoms.